The quantitative estimate of drug-likeness (QED) is 0.834. The van der Waals surface area contributed by atoms with Gasteiger partial charge in [0, 0.05) is 37.3 Å². The SMILES string of the molecule is CC(C)CNC(=O)c1cccc(CSc2nccn2C)c1. The summed E-state index contributed by atoms with van der Waals surface area (Å²) in [5.74, 6) is 1.25. The molecule has 0 aliphatic heterocycles. The predicted octanol–water partition coefficient (Wildman–Crippen LogP) is 3.10. The van der Waals surface area contributed by atoms with Crippen LogP contribution in [0.2, 0.25) is 0 Å². The number of rotatable bonds is 6. The number of imidazole rings is 1. The van der Waals surface area contributed by atoms with Crippen LogP contribution in [-0.4, -0.2) is 22.0 Å². The van der Waals surface area contributed by atoms with Crippen molar-refractivity contribution in [3.05, 3.63) is 47.8 Å². The Balaban J connectivity index is 1.97. The van der Waals surface area contributed by atoms with E-state index in [1.54, 1.807) is 18.0 Å². The molecular formula is C16H21N3OS. The van der Waals surface area contributed by atoms with Crippen molar-refractivity contribution in [2.75, 3.05) is 6.54 Å². The number of aryl methyl sites for hydroxylation is 1. The van der Waals surface area contributed by atoms with Crippen LogP contribution in [0.1, 0.15) is 29.8 Å². The summed E-state index contributed by atoms with van der Waals surface area (Å²) in [5, 5.41) is 3.92. The molecule has 0 aliphatic rings. The van der Waals surface area contributed by atoms with Crippen LogP contribution < -0.4 is 5.32 Å². The standard InChI is InChI=1S/C16H21N3OS/c1-12(2)10-18-15(20)14-6-4-5-13(9-14)11-21-16-17-7-8-19(16)3/h4-9,12H,10-11H2,1-3H3,(H,18,20). The molecule has 1 aromatic carbocycles. The van der Waals surface area contributed by atoms with Crippen molar-refractivity contribution < 1.29 is 4.79 Å². The predicted molar refractivity (Wildman–Crippen MR) is 86.4 cm³/mol. The van der Waals surface area contributed by atoms with E-state index in [0.717, 1.165) is 16.5 Å². The molecule has 2 aromatic rings. The third-order valence-electron chi connectivity index (χ3n) is 3.00. The molecule has 2 rings (SSSR count). The lowest BCUT2D eigenvalue weighted by molar-refractivity contribution is 0.0949. The monoisotopic (exact) mass is 303 g/mol. The molecule has 5 heteroatoms. The summed E-state index contributed by atoms with van der Waals surface area (Å²) in [6, 6.07) is 7.77. The lowest BCUT2D eigenvalue weighted by atomic mass is 10.1. The van der Waals surface area contributed by atoms with Crippen molar-refractivity contribution in [2.24, 2.45) is 13.0 Å². The first kappa shape index (κ1) is 15.6. The first-order valence-electron chi connectivity index (χ1n) is 7.03. The van der Waals surface area contributed by atoms with E-state index in [1.165, 1.54) is 0 Å². The summed E-state index contributed by atoms with van der Waals surface area (Å²) < 4.78 is 1.99. The minimum Gasteiger partial charge on any atom is -0.352 e. The molecule has 4 nitrogen and oxygen atoms in total. The lowest BCUT2D eigenvalue weighted by Gasteiger charge is -2.09. The van der Waals surface area contributed by atoms with Gasteiger partial charge in [0.1, 0.15) is 0 Å². The Hall–Kier alpha value is -1.75. The lowest BCUT2D eigenvalue weighted by Crippen LogP contribution is -2.27. The molecule has 0 aliphatic carbocycles. The van der Waals surface area contributed by atoms with Gasteiger partial charge in [-0.3, -0.25) is 4.79 Å². The van der Waals surface area contributed by atoms with Gasteiger partial charge in [-0.15, -0.1) is 0 Å². The van der Waals surface area contributed by atoms with Crippen molar-refractivity contribution >= 4 is 17.7 Å². The van der Waals surface area contributed by atoms with Gasteiger partial charge in [0.2, 0.25) is 0 Å². The van der Waals surface area contributed by atoms with Crippen LogP contribution in [0.4, 0.5) is 0 Å². The summed E-state index contributed by atoms with van der Waals surface area (Å²) >= 11 is 1.67. The Kier molecular flexibility index (Phi) is 5.44. The largest absolute Gasteiger partial charge is 0.352 e. The summed E-state index contributed by atoms with van der Waals surface area (Å²) in [6.45, 7) is 4.87. The highest BCUT2D eigenvalue weighted by atomic mass is 32.2. The van der Waals surface area contributed by atoms with E-state index in [-0.39, 0.29) is 5.91 Å². The van der Waals surface area contributed by atoms with Crippen molar-refractivity contribution in [3.63, 3.8) is 0 Å². The Morgan fingerprint density at radius 3 is 2.90 bits per heavy atom. The molecule has 0 saturated carbocycles. The number of carbonyl (C=O) groups is 1. The van der Waals surface area contributed by atoms with E-state index < -0.39 is 0 Å². The molecule has 21 heavy (non-hydrogen) atoms. The molecule has 1 heterocycles. The highest BCUT2D eigenvalue weighted by molar-refractivity contribution is 7.98. The summed E-state index contributed by atoms with van der Waals surface area (Å²) in [6.07, 6.45) is 3.72. The average Bonchev–Trinajstić information content (AvgIpc) is 2.88. The minimum atomic E-state index is -0.00691. The zero-order valence-electron chi connectivity index (χ0n) is 12.7. The number of hydrogen-bond acceptors (Lipinski definition) is 3. The fourth-order valence-corrected chi connectivity index (χ4v) is 2.72. The van der Waals surface area contributed by atoms with Crippen LogP contribution in [0.3, 0.4) is 0 Å². The van der Waals surface area contributed by atoms with Gasteiger partial charge < -0.3 is 9.88 Å². The van der Waals surface area contributed by atoms with Gasteiger partial charge in [-0.2, -0.15) is 0 Å². The first-order chi connectivity index (χ1) is 10.1. The van der Waals surface area contributed by atoms with Gasteiger partial charge in [-0.05, 0) is 23.6 Å². The number of benzene rings is 1. The highest BCUT2D eigenvalue weighted by Crippen LogP contribution is 2.21. The molecule has 1 N–H and O–H groups in total. The van der Waals surface area contributed by atoms with Gasteiger partial charge in [0.25, 0.3) is 5.91 Å². The molecule has 0 unspecified atom stereocenters. The van der Waals surface area contributed by atoms with Crippen molar-refractivity contribution in [2.45, 2.75) is 24.8 Å². The molecule has 0 fully saturated rings. The van der Waals surface area contributed by atoms with Crippen molar-refractivity contribution in [1.29, 1.82) is 0 Å². The van der Waals surface area contributed by atoms with Gasteiger partial charge in [-0.25, -0.2) is 4.98 Å². The van der Waals surface area contributed by atoms with Crippen LogP contribution in [0.25, 0.3) is 0 Å². The minimum absolute atomic E-state index is 0.00691. The highest BCUT2D eigenvalue weighted by Gasteiger charge is 2.07. The Bertz CT molecular complexity index is 607. The third-order valence-corrected chi connectivity index (χ3v) is 4.13. The van der Waals surface area contributed by atoms with Crippen LogP contribution >= 0.6 is 11.8 Å². The first-order valence-corrected chi connectivity index (χ1v) is 8.02. The maximum atomic E-state index is 12.1. The van der Waals surface area contributed by atoms with Gasteiger partial charge in [0.15, 0.2) is 5.16 Å². The van der Waals surface area contributed by atoms with Crippen LogP contribution in [-0.2, 0) is 12.8 Å². The summed E-state index contributed by atoms with van der Waals surface area (Å²) in [7, 11) is 1.98. The molecular weight excluding hydrogens is 282 g/mol. The zero-order valence-corrected chi connectivity index (χ0v) is 13.5. The number of nitrogens with one attached hydrogen (secondary N) is 1. The molecule has 0 radical (unpaired) electrons. The molecule has 1 amide bonds. The second-order valence-electron chi connectivity index (χ2n) is 5.41. The number of carbonyl (C=O) groups excluding carboxylic acids is 1. The molecule has 0 saturated heterocycles. The molecule has 0 bridgehead atoms. The average molecular weight is 303 g/mol. The van der Waals surface area contributed by atoms with Gasteiger partial charge in [-0.1, -0.05) is 37.7 Å². The number of amides is 1. The fraction of sp³-hybridized carbons (Fsp3) is 0.375. The Labute approximate surface area is 130 Å². The maximum absolute atomic E-state index is 12.1. The molecule has 0 spiro atoms. The molecule has 1 aromatic heterocycles. The topological polar surface area (TPSA) is 46.9 Å². The molecule has 112 valence electrons. The van der Waals surface area contributed by atoms with Gasteiger partial charge >= 0.3 is 0 Å². The van der Waals surface area contributed by atoms with E-state index in [2.05, 4.69) is 24.1 Å². The van der Waals surface area contributed by atoms with Crippen LogP contribution in [0.15, 0.2) is 41.8 Å². The van der Waals surface area contributed by atoms with Crippen LogP contribution in [0.5, 0.6) is 0 Å². The van der Waals surface area contributed by atoms with Crippen LogP contribution in [0, 0.1) is 5.92 Å². The fourth-order valence-electron chi connectivity index (χ4n) is 1.84. The van der Waals surface area contributed by atoms with E-state index in [4.69, 9.17) is 0 Å². The summed E-state index contributed by atoms with van der Waals surface area (Å²) in [5.41, 5.74) is 1.84. The normalized spacial score (nSPS) is 10.9. The van der Waals surface area contributed by atoms with E-state index in [1.807, 2.05) is 42.1 Å². The summed E-state index contributed by atoms with van der Waals surface area (Å²) in [4.78, 5) is 16.3. The Morgan fingerprint density at radius 1 is 1.43 bits per heavy atom. The smallest absolute Gasteiger partial charge is 0.251 e. The maximum Gasteiger partial charge on any atom is 0.251 e. The second kappa shape index (κ2) is 7.31. The Morgan fingerprint density at radius 2 is 2.24 bits per heavy atom. The van der Waals surface area contributed by atoms with Gasteiger partial charge in [0.05, 0.1) is 0 Å². The van der Waals surface area contributed by atoms with E-state index >= 15 is 0 Å². The second-order valence-corrected chi connectivity index (χ2v) is 6.36. The number of aromatic nitrogens is 2. The van der Waals surface area contributed by atoms with Crippen molar-refractivity contribution in [1.82, 2.24) is 14.9 Å². The number of hydrogen-bond donors (Lipinski definition) is 1. The van der Waals surface area contributed by atoms with E-state index in [9.17, 15) is 4.79 Å². The number of nitrogens with zero attached hydrogens (tertiary/aromatic N) is 2. The van der Waals surface area contributed by atoms with Crippen molar-refractivity contribution in [3.8, 4) is 0 Å². The third kappa shape index (κ3) is 4.63. The zero-order chi connectivity index (χ0) is 15.2. The van der Waals surface area contributed by atoms with E-state index in [0.29, 0.717) is 18.0 Å². The number of thioether (sulfide) groups is 1. The molecule has 0 atom stereocenters.